The summed E-state index contributed by atoms with van der Waals surface area (Å²) in [7, 11) is 0. The molecule has 0 saturated carbocycles. The standard InChI is InChI=1S/C24H20N6O4/c1-2-3-5-12-29-21(27-23(31)16-8-7-9-18(13-16)30(33)34)17(15-25)14-19-22(29)26-20-10-4-6-11-28(20)24(19)32/h4,6-11,13-14H,2-3,5,12H2,1H3. The van der Waals surface area contributed by atoms with Crippen LogP contribution in [0.1, 0.15) is 42.1 Å². The van der Waals surface area contributed by atoms with Gasteiger partial charge in [0, 0.05) is 30.4 Å². The number of nitrogens with zero attached hydrogens (tertiary/aromatic N) is 6. The van der Waals surface area contributed by atoms with Gasteiger partial charge in [0.1, 0.15) is 17.4 Å². The van der Waals surface area contributed by atoms with Gasteiger partial charge in [0.25, 0.3) is 17.2 Å². The summed E-state index contributed by atoms with van der Waals surface area (Å²) in [5.74, 6) is -0.735. The van der Waals surface area contributed by atoms with Crippen molar-refractivity contribution in [2.24, 2.45) is 4.99 Å². The summed E-state index contributed by atoms with van der Waals surface area (Å²) in [6, 6.07) is 13.8. The number of hydrogen-bond donors (Lipinski definition) is 0. The molecule has 0 aliphatic rings. The number of aryl methyl sites for hydroxylation is 1. The summed E-state index contributed by atoms with van der Waals surface area (Å²) in [5.41, 5.74) is 0.286. The van der Waals surface area contributed by atoms with Crippen molar-refractivity contribution in [3.05, 3.63) is 91.8 Å². The molecule has 4 aromatic rings. The molecule has 0 unspecified atom stereocenters. The van der Waals surface area contributed by atoms with Gasteiger partial charge >= 0.3 is 0 Å². The van der Waals surface area contributed by atoms with E-state index in [1.54, 1.807) is 29.0 Å². The molecule has 4 rings (SSSR count). The highest BCUT2D eigenvalue weighted by molar-refractivity contribution is 5.95. The molecule has 0 saturated heterocycles. The highest BCUT2D eigenvalue weighted by atomic mass is 16.6. The fourth-order valence-electron chi connectivity index (χ4n) is 3.73. The van der Waals surface area contributed by atoms with Crippen molar-refractivity contribution in [2.45, 2.75) is 32.7 Å². The highest BCUT2D eigenvalue weighted by Crippen LogP contribution is 2.15. The molecular formula is C24H20N6O4. The molecule has 34 heavy (non-hydrogen) atoms. The van der Waals surface area contributed by atoms with Crippen molar-refractivity contribution in [1.82, 2.24) is 14.0 Å². The van der Waals surface area contributed by atoms with Gasteiger partial charge in [-0.25, -0.2) is 4.98 Å². The third-order valence-electron chi connectivity index (χ3n) is 5.41. The Morgan fingerprint density at radius 3 is 2.76 bits per heavy atom. The Balaban J connectivity index is 2.02. The van der Waals surface area contributed by atoms with Crippen LogP contribution in [0.25, 0.3) is 16.7 Å². The Bertz CT molecular complexity index is 1610. The number of nitriles is 1. The van der Waals surface area contributed by atoms with E-state index in [4.69, 9.17) is 0 Å². The van der Waals surface area contributed by atoms with Crippen molar-refractivity contribution >= 4 is 28.3 Å². The highest BCUT2D eigenvalue weighted by Gasteiger charge is 2.16. The number of pyridine rings is 2. The van der Waals surface area contributed by atoms with Gasteiger partial charge in [0.15, 0.2) is 5.49 Å². The van der Waals surface area contributed by atoms with Crippen LogP contribution in [0.4, 0.5) is 5.69 Å². The molecule has 0 spiro atoms. The monoisotopic (exact) mass is 456 g/mol. The normalized spacial score (nSPS) is 11.6. The van der Waals surface area contributed by atoms with E-state index < -0.39 is 10.8 Å². The summed E-state index contributed by atoms with van der Waals surface area (Å²) in [4.78, 5) is 45.4. The zero-order chi connectivity index (χ0) is 24.2. The molecule has 3 heterocycles. The first kappa shape index (κ1) is 22.5. The molecule has 170 valence electrons. The lowest BCUT2D eigenvalue weighted by Crippen LogP contribution is -2.29. The van der Waals surface area contributed by atoms with Crippen molar-refractivity contribution in [3.8, 4) is 6.07 Å². The number of rotatable bonds is 6. The summed E-state index contributed by atoms with van der Waals surface area (Å²) < 4.78 is 3.01. The number of amides is 1. The molecule has 0 N–H and O–H groups in total. The van der Waals surface area contributed by atoms with Gasteiger partial charge in [-0.3, -0.25) is 24.1 Å². The smallest absolute Gasteiger partial charge is 0.279 e. The predicted octanol–water partition coefficient (Wildman–Crippen LogP) is 3.36. The number of benzene rings is 1. The minimum atomic E-state index is -0.735. The first-order valence-corrected chi connectivity index (χ1v) is 10.7. The van der Waals surface area contributed by atoms with E-state index in [2.05, 4.69) is 9.98 Å². The number of fused-ring (bicyclic) bond motifs is 2. The van der Waals surface area contributed by atoms with Crippen molar-refractivity contribution in [1.29, 1.82) is 5.26 Å². The fourth-order valence-corrected chi connectivity index (χ4v) is 3.73. The van der Waals surface area contributed by atoms with Gasteiger partial charge in [-0.15, -0.1) is 0 Å². The van der Waals surface area contributed by atoms with Crippen LogP contribution < -0.4 is 11.0 Å². The molecule has 1 amide bonds. The molecule has 0 radical (unpaired) electrons. The topological polar surface area (TPSA) is 136 Å². The fraction of sp³-hybridized carbons (Fsp3) is 0.208. The van der Waals surface area contributed by atoms with Gasteiger partial charge < -0.3 is 4.57 Å². The van der Waals surface area contributed by atoms with Gasteiger partial charge in [-0.1, -0.05) is 31.9 Å². The van der Waals surface area contributed by atoms with Crippen LogP contribution in [0.5, 0.6) is 0 Å². The summed E-state index contributed by atoms with van der Waals surface area (Å²) in [6.45, 7) is 2.43. The Morgan fingerprint density at radius 2 is 2.03 bits per heavy atom. The van der Waals surface area contributed by atoms with Gasteiger partial charge in [0.05, 0.1) is 15.9 Å². The number of carbonyl (C=O) groups is 1. The van der Waals surface area contributed by atoms with Crippen LogP contribution in [0.15, 0.2) is 64.5 Å². The Morgan fingerprint density at radius 1 is 1.21 bits per heavy atom. The van der Waals surface area contributed by atoms with E-state index in [0.29, 0.717) is 24.3 Å². The predicted molar refractivity (Wildman–Crippen MR) is 124 cm³/mol. The maximum absolute atomic E-state index is 13.1. The molecular weight excluding hydrogens is 436 g/mol. The quantitative estimate of drug-likeness (QED) is 0.189. The third-order valence-corrected chi connectivity index (χ3v) is 5.41. The first-order chi connectivity index (χ1) is 16.4. The number of aromatic nitrogens is 3. The molecule has 0 atom stereocenters. The minimum absolute atomic E-state index is 0.0184. The zero-order valence-corrected chi connectivity index (χ0v) is 18.3. The summed E-state index contributed by atoms with van der Waals surface area (Å²) >= 11 is 0. The number of non-ortho nitro benzene ring substituents is 1. The van der Waals surface area contributed by atoms with Gasteiger partial charge in [0.2, 0.25) is 0 Å². The third kappa shape index (κ3) is 4.19. The molecule has 10 nitrogen and oxygen atoms in total. The lowest BCUT2D eigenvalue weighted by molar-refractivity contribution is -0.384. The molecule has 0 aliphatic heterocycles. The van der Waals surface area contributed by atoms with Crippen molar-refractivity contribution < 1.29 is 9.72 Å². The molecule has 1 aromatic carbocycles. The number of carbonyl (C=O) groups excluding carboxylic acids is 1. The maximum Gasteiger partial charge on any atom is 0.279 e. The first-order valence-electron chi connectivity index (χ1n) is 10.7. The van der Waals surface area contributed by atoms with Crippen molar-refractivity contribution in [2.75, 3.05) is 0 Å². The Hall–Kier alpha value is -4.65. The maximum atomic E-state index is 13.1. The molecule has 10 heteroatoms. The molecule has 3 aromatic heterocycles. The molecule has 0 aliphatic carbocycles. The van der Waals surface area contributed by atoms with Crippen LogP contribution in [-0.2, 0) is 6.54 Å². The molecule has 0 bridgehead atoms. The zero-order valence-electron chi connectivity index (χ0n) is 18.3. The van der Waals surface area contributed by atoms with Crippen molar-refractivity contribution in [3.63, 3.8) is 0 Å². The Labute approximate surface area is 193 Å². The van der Waals surface area contributed by atoms with E-state index in [0.717, 1.165) is 18.9 Å². The van der Waals surface area contributed by atoms with E-state index in [-0.39, 0.29) is 33.2 Å². The van der Waals surface area contributed by atoms with Gasteiger partial charge in [-0.05, 0) is 30.7 Å². The second-order valence-corrected chi connectivity index (χ2v) is 7.66. The number of unbranched alkanes of at least 4 members (excludes halogenated alkanes) is 2. The lowest BCUT2D eigenvalue weighted by Gasteiger charge is -2.13. The second kappa shape index (κ2) is 9.46. The average Bonchev–Trinajstić information content (AvgIpc) is 2.85. The SMILES string of the molecule is CCCCCn1c(=NC(=O)c2cccc([N+](=O)[O-])c2)c(C#N)cc2c(=O)n3ccccc3nc21. The van der Waals surface area contributed by atoms with E-state index >= 15 is 0 Å². The second-order valence-electron chi connectivity index (χ2n) is 7.66. The van der Waals surface area contributed by atoms with E-state index in [9.17, 15) is 25.0 Å². The van der Waals surface area contributed by atoms with Gasteiger partial charge in [-0.2, -0.15) is 10.3 Å². The number of nitro benzene ring substituents is 1. The van der Waals surface area contributed by atoms with Crippen LogP contribution in [-0.4, -0.2) is 24.8 Å². The summed E-state index contributed by atoms with van der Waals surface area (Å²) in [5, 5.41) is 21.2. The van der Waals surface area contributed by atoms with Crippen LogP contribution >= 0.6 is 0 Å². The lowest BCUT2D eigenvalue weighted by atomic mass is 10.2. The van der Waals surface area contributed by atoms with Crippen LogP contribution in [0.3, 0.4) is 0 Å². The van der Waals surface area contributed by atoms with Crippen LogP contribution in [0, 0.1) is 21.4 Å². The summed E-state index contributed by atoms with van der Waals surface area (Å²) in [6.07, 6.45) is 4.14. The van der Waals surface area contributed by atoms with E-state index in [1.165, 1.54) is 28.7 Å². The van der Waals surface area contributed by atoms with Crippen LogP contribution in [0.2, 0.25) is 0 Å². The number of nitro groups is 1. The number of hydrogen-bond acceptors (Lipinski definition) is 6. The minimum Gasteiger partial charge on any atom is -0.309 e. The molecule has 0 fully saturated rings. The van der Waals surface area contributed by atoms with E-state index in [1.807, 2.05) is 13.0 Å². The largest absolute Gasteiger partial charge is 0.309 e. The average molecular weight is 456 g/mol. The Kier molecular flexibility index (Phi) is 6.27.